The Hall–Kier alpha value is -5.27. The van der Waals surface area contributed by atoms with E-state index in [-0.39, 0.29) is 41.3 Å². The van der Waals surface area contributed by atoms with Crippen LogP contribution >= 0.6 is 0 Å². The molecule has 5 rings (SSSR count). The minimum atomic E-state index is -0.598. The molecule has 0 bridgehead atoms. The summed E-state index contributed by atoms with van der Waals surface area (Å²) in [6.07, 6.45) is 7.42. The van der Waals surface area contributed by atoms with Gasteiger partial charge in [-0.2, -0.15) is 5.10 Å². The predicted octanol–water partition coefficient (Wildman–Crippen LogP) is 6.02. The third-order valence-electron chi connectivity index (χ3n) is 10.3. The third kappa shape index (κ3) is 10.7. The van der Waals surface area contributed by atoms with E-state index in [2.05, 4.69) is 52.3 Å². The van der Waals surface area contributed by atoms with E-state index < -0.39 is 30.2 Å². The number of ether oxygens (including phenoxy) is 1. The summed E-state index contributed by atoms with van der Waals surface area (Å²) in [6, 6.07) is 6.95. The minimum absolute atomic E-state index is 0.0103. The first kappa shape index (κ1) is 41.9. The monoisotopic (exact) mass is 765 g/mol. The highest BCUT2D eigenvalue weighted by Crippen LogP contribution is 2.40. The van der Waals surface area contributed by atoms with E-state index in [0.717, 1.165) is 62.1 Å². The quantitative estimate of drug-likeness (QED) is 0.0729. The van der Waals surface area contributed by atoms with Crippen molar-refractivity contribution < 1.29 is 28.7 Å². The summed E-state index contributed by atoms with van der Waals surface area (Å²) in [6.45, 7) is 15.4. The van der Waals surface area contributed by atoms with E-state index in [4.69, 9.17) is 9.72 Å². The molecule has 298 valence electrons. The van der Waals surface area contributed by atoms with Gasteiger partial charge in [0.1, 0.15) is 12.2 Å². The Morgan fingerprint density at radius 1 is 1.05 bits per heavy atom. The molecule has 2 N–H and O–H groups in total. The van der Waals surface area contributed by atoms with Crippen molar-refractivity contribution in [2.75, 3.05) is 61.6 Å². The summed E-state index contributed by atoms with van der Waals surface area (Å²) >= 11 is 0. The van der Waals surface area contributed by atoms with Crippen LogP contribution in [0.1, 0.15) is 89.4 Å². The summed E-state index contributed by atoms with van der Waals surface area (Å²) in [4.78, 5) is 79.2. The molecule has 0 spiro atoms. The predicted molar refractivity (Wildman–Crippen MR) is 220 cm³/mol. The Balaban J connectivity index is 1.65. The number of allylic oxidation sites excluding steroid dienone is 4. The maximum absolute atomic E-state index is 14.6. The van der Waals surface area contributed by atoms with E-state index in [1.165, 1.54) is 4.90 Å². The van der Waals surface area contributed by atoms with E-state index in [1.807, 2.05) is 19.1 Å². The summed E-state index contributed by atoms with van der Waals surface area (Å²) in [5.74, 6) is -1.18. The van der Waals surface area contributed by atoms with Gasteiger partial charge >= 0.3 is 0 Å². The molecule has 56 heavy (non-hydrogen) atoms. The summed E-state index contributed by atoms with van der Waals surface area (Å²) in [5.41, 5.74) is 7.50. The number of ketones is 2. The number of likely N-dealkylation sites (N-methyl/N-ethyl adjacent to an activating group) is 1. The van der Waals surface area contributed by atoms with Gasteiger partial charge in [0, 0.05) is 81.3 Å². The van der Waals surface area contributed by atoms with Crippen LogP contribution in [0.3, 0.4) is 0 Å². The molecule has 2 aromatic rings. The number of anilines is 3. The number of Topliss-reactive ketones (excluding diaryl/α,β-unsaturated/α-hetero) is 2. The van der Waals surface area contributed by atoms with Crippen LogP contribution < -0.4 is 20.5 Å². The van der Waals surface area contributed by atoms with Gasteiger partial charge in [0.25, 0.3) is 0 Å². The Kier molecular flexibility index (Phi) is 14.6. The highest BCUT2D eigenvalue weighted by molar-refractivity contribution is 6.15. The number of carbonyl (C=O) groups is 5. The van der Waals surface area contributed by atoms with Crippen molar-refractivity contribution in [3.05, 3.63) is 71.5 Å². The number of piperazine rings is 1. The van der Waals surface area contributed by atoms with Crippen LogP contribution in [0.2, 0.25) is 0 Å². The van der Waals surface area contributed by atoms with Crippen LogP contribution in [0.25, 0.3) is 11.1 Å². The zero-order valence-corrected chi connectivity index (χ0v) is 33.4. The van der Waals surface area contributed by atoms with Crippen LogP contribution in [0, 0.1) is 0 Å². The molecular weight excluding hydrogens is 711 g/mol. The van der Waals surface area contributed by atoms with E-state index >= 15 is 0 Å². The molecule has 1 aromatic heterocycles. The first-order chi connectivity index (χ1) is 26.9. The van der Waals surface area contributed by atoms with Crippen molar-refractivity contribution >= 4 is 52.2 Å². The second-order valence-electron chi connectivity index (χ2n) is 15.0. The number of nitrogens with zero attached hydrogens (tertiary/aromatic N) is 5. The Labute approximate surface area is 329 Å². The first-order valence-corrected chi connectivity index (χ1v) is 19.5. The van der Waals surface area contributed by atoms with E-state index in [0.29, 0.717) is 54.9 Å². The summed E-state index contributed by atoms with van der Waals surface area (Å²) < 4.78 is 5.65. The van der Waals surface area contributed by atoms with Gasteiger partial charge < -0.3 is 24.8 Å². The van der Waals surface area contributed by atoms with Crippen molar-refractivity contribution in [1.82, 2.24) is 15.3 Å². The number of aromatic nitrogens is 1. The fraction of sp³-hybridized carbons (Fsp3) is 0.465. The normalized spacial score (nSPS) is 16.6. The Morgan fingerprint density at radius 3 is 2.43 bits per heavy atom. The average Bonchev–Trinajstić information content (AvgIpc) is 3.18. The molecule has 1 aromatic carbocycles. The van der Waals surface area contributed by atoms with Crippen molar-refractivity contribution in [1.29, 1.82) is 0 Å². The zero-order valence-electron chi connectivity index (χ0n) is 33.4. The number of nitrogens with one attached hydrogen (secondary N) is 2. The van der Waals surface area contributed by atoms with Crippen molar-refractivity contribution in [3.63, 3.8) is 0 Å². The molecule has 0 atom stereocenters. The molecule has 0 radical (unpaired) electrons. The number of rotatable bonds is 15. The number of benzene rings is 1. The molecular formula is C43H55N7O6. The topological polar surface area (TPSA) is 154 Å². The van der Waals surface area contributed by atoms with Gasteiger partial charge in [0.2, 0.25) is 17.7 Å². The molecule has 2 fully saturated rings. The number of hydrogen-bond donors (Lipinski definition) is 2. The van der Waals surface area contributed by atoms with Gasteiger partial charge in [-0.3, -0.25) is 24.0 Å². The molecule has 3 aliphatic rings. The largest absolute Gasteiger partial charge is 0.381 e. The van der Waals surface area contributed by atoms with E-state index in [9.17, 15) is 24.0 Å². The van der Waals surface area contributed by atoms with Crippen LogP contribution in [0.4, 0.5) is 17.2 Å². The number of hydrogen-bond acceptors (Lipinski definition) is 10. The molecule has 2 aliphatic heterocycles. The minimum Gasteiger partial charge on any atom is -0.381 e. The van der Waals surface area contributed by atoms with E-state index in [1.54, 1.807) is 32.2 Å². The van der Waals surface area contributed by atoms with Gasteiger partial charge in [-0.1, -0.05) is 31.6 Å². The maximum Gasteiger partial charge on any atom is 0.249 e. The Bertz CT molecular complexity index is 1910. The second kappa shape index (κ2) is 19.5. The molecule has 2 saturated heterocycles. The summed E-state index contributed by atoms with van der Waals surface area (Å²) in [7, 11) is 2.10. The Morgan fingerprint density at radius 2 is 1.79 bits per heavy atom. The molecule has 13 heteroatoms. The molecule has 0 unspecified atom stereocenters. The highest BCUT2D eigenvalue weighted by Gasteiger charge is 2.33. The molecule has 0 saturated carbocycles. The zero-order chi connectivity index (χ0) is 40.4. The van der Waals surface area contributed by atoms with Crippen LogP contribution in [-0.2, 0) is 23.9 Å². The van der Waals surface area contributed by atoms with Crippen LogP contribution in [-0.4, -0.2) is 97.4 Å². The lowest BCUT2D eigenvalue weighted by Gasteiger charge is -2.36. The maximum atomic E-state index is 14.6. The van der Waals surface area contributed by atoms with Gasteiger partial charge in [0.15, 0.2) is 11.6 Å². The van der Waals surface area contributed by atoms with Gasteiger partial charge in [-0.05, 0) is 101 Å². The second-order valence-corrected chi connectivity index (χ2v) is 15.0. The van der Waals surface area contributed by atoms with Crippen LogP contribution in [0.15, 0.2) is 71.0 Å². The highest BCUT2D eigenvalue weighted by atomic mass is 16.5. The molecule has 3 heterocycles. The van der Waals surface area contributed by atoms with Crippen molar-refractivity contribution in [2.24, 2.45) is 5.10 Å². The average molecular weight is 766 g/mol. The number of amides is 3. The van der Waals surface area contributed by atoms with Crippen LogP contribution in [0.5, 0.6) is 0 Å². The molecule has 13 nitrogen and oxygen atoms in total. The van der Waals surface area contributed by atoms with Gasteiger partial charge in [-0.15, -0.1) is 0 Å². The van der Waals surface area contributed by atoms with Crippen molar-refractivity contribution in [3.8, 4) is 11.1 Å². The third-order valence-corrected chi connectivity index (χ3v) is 10.3. The molecule has 1 aliphatic carbocycles. The number of carbonyl (C=O) groups excluding carboxylic acids is 5. The van der Waals surface area contributed by atoms with Gasteiger partial charge in [-0.25, -0.2) is 10.4 Å². The standard InChI is InChI=1S/C43H55N7O6/c1-7-9-30-22-29(5)23-38(52)34(30)11-12-37(51)35-24-32(31-10-13-39(44-27-31)49-18-16-48(6)17-19-49)25-36(43(35)45-40(53)8-2)50(33-14-20-56-21-15-33)42(55)26-41(54)47-46-28(3)4/h8,10,13,22,24-25,27,33H,2,7,9,11-12,14-21,23,26H2,1,3-6H3,(H,45,53)(H,47,54). The van der Waals surface area contributed by atoms with Gasteiger partial charge in [0.05, 0.1) is 11.4 Å². The smallest absolute Gasteiger partial charge is 0.249 e. The first-order valence-electron chi connectivity index (χ1n) is 19.5. The fourth-order valence-electron chi connectivity index (χ4n) is 7.34. The lowest BCUT2D eigenvalue weighted by molar-refractivity contribution is -0.128. The summed E-state index contributed by atoms with van der Waals surface area (Å²) in [5, 5.41) is 6.83. The SMILES string of the molecule is C=CC(=O)Nc1c(C(=O)CCC2=C(CCC)C=C(C)CC2=O)cc(-c2ccc(N3CCN(C)CC3)nc2)cc1N(C(=O)CC(=O)NN=C(C)C)C1CCOCC1. The number of pyridine rings is 1. The fourth-order valence-corrected chi connectivity index (χ4v) is 7.34. The molecule has 3 amide bonds. The number of hydrazone groups is 1. The van der Waals surface area contributed by atoms with Crippen molar-refractivity contribution in [2.45, 2.75) is 85.1 Å². The lowest BCUT2D eigenvalue weighted by atomic mass is 9.86. The lowest BCUT2D eigenvalue weighted by Crippen LogP contribution is -2.45.